The number of amides is 2. The van der Waals surface area contributed by atoms with Crippen LogP contribution in [-0.4, -0.2) is 34.1 Å². The zero-order chi connectivity index (χ0) is 13.9. The number of rotatable bonds is 3. The van der Waals surface area contributed by atoms with Gasteiger partial charge in [0, 0.05) is 12.8 Å². The molecule has 1 fully saturated rings. The molecule has 3 N–H and O–H groups in total. The van der Waals surface area contributed by atoms with Crippen LogP contribution in [0.25, 0.3) is 0 Å². The second-order valence-electron chi connectivity index (χ2n) is 5.00. The maximum Gasteiger partial charge on any atom is 0.329 e. The van der Waals surface area contributed by atoms with Crippen molar-refractivity contribution in [3.05, 3.63) is 0 Å². The van der Waals surface area contributed by atoms with Crippen molar-refractivity contribution >= 4 is 23.5 Å². The number of aliphatic carboxylic acids is 1. The van der Waals surface area contributed by atoms with Crippen LogP contribution in [0.1, 0.15) is 44.9 Å². The molecule has 104 valence electrons. The van der Waals surface area contributed by atoms with E-state index in [1.54, 1.807) is 0 Å². The smallest absolute Gasteiger partial charge is 0.329 e. The van der Waals surface area contributed by atoms with Gasteiger partial charge in [0.25, 0.3) is 5.91 Å². The van der Waals surface area contributed by atoms with Crippen molar-refractivity contribution in [2.75, 3.05) is 0 Å². The summed E-state index contributed by atoms with van der Waals surface area (Å²) in [6.07, 6.45) is 3.88. The minimum Gasteiger partial charge on any atom is -0.480 e. The molecular weight excluding hydrogens is 250 g/mol. The van der Waals surface area contributed by atoms with Crippen LogP contribution in [0.3, 0.4) is 0 Å². The number of hydrazone groups is 1. The monoisotopic (exact) mass is 267 g/mol. The number of hydrogen-bond acceptors (Lipinski definition) is 4. The number of carbonyl (C=O) groups is 3. The molecule has 0 aromatic rings. The normalized spacial score (nSPS) is 22.1. The number of carboxylic acid groups (broad SMARTS) is 1. The summed E-state index contributed by atoms with van der Waals surface area (Å²) < 4.78 is 0. The number of nitrogens with one attached hydrogen (secondary N) is 2. The summed E-state index contributed by atoms with van der Waals surface area (Å²) in [5.74, 6) is -1.73. The van der Waals surface area contributed by atoms with Crippen LogP contribution in [0.15, 0.2) is 5.10 Å². The number of carboxylic acids is 1. The second kappa shape index (κ2) is 5.38. The Morgan fingerprint density at radius 1 is 1.21 bits per heavy atom. The third-order valence-electron chi connectivity index (χ3n) is 3.64. The van der Waals surface area contributed by atoms with E-state index in [0.717, 1.165) is 19.3 Å². The van der Waals surface area contributed by atoms with Crippen LogP contribution >= 0.6 is 0 Å². The van der Waals surface area contributed by atoms with Crippen molar-refractivity contribution in [2.24, 2.45) is 5.10 Å². The molecule has 7 nitrogen and oxygen atoms in total. The molecule has 0 radical (unpaired) electrons. The molecule has 2 aliphatic rings. The van der Waals surface area contributed by atoms with Gasteiger partial charge in [-0.05, 0) is 12.8 Å². The summed E-state index contributed by atoms with van der Waals surface area (Å²) in [5.41, 5.74) is 1.24. The molecule has 1 aliphatic carbocycles. The van der Waals surface area contributed by atoms with Crippen molar-refractivity contribution in [3.8, 4) is 0 Å². The first-order chi connectivity index (χ1) is 9.03. The van der Waals surface area contributed by atoms with Gasteiger partial charge in [-0.1, -0.05) is 19.3 Å². The fourth-order valence-corrected chi connectivity index (χ4v) is 2.47. The summed E-state index contributed by atoms with van der Waals surface area (Å²) in [6, 6.07) is 0. The van der Waals surface area contributed by atoms with Gasteiger partial charge in [-0.25, -0.2) is 10.2 Å². The van der Waals surface area contributed by atoms with E-state index in [0.29, 0.717) is 12.8 Å². The fourth-order valence-electron chi connectivity index (χ4n) is 2.47. The van der Waals surface area contributed by atoms with E-state index in [1.807, 2.05) is 0 Å². The average Bonchev–Trinajstić information content (AvgIpc) is 2.40. The molecule has 0 aromatic heterocycles. The first-order valence-corrected chi connectivity index (χ1v) is 6.45. The molecule has 0 aromatic carbocycles. The highest BCUT2D eigenvalue weighted by Crippen LogP contribution is 2.28. The van der Waals surface area contributed by atoms with Gasteiger partial charge in [0.05, 0.1) is 0 Å². The quantitative estimate of drug-likeness (QED) is 0.676. The molecule has 19 heavy (non-hydrogen) atoms. The molecule has 2 amide bonds. The maximum atomic E-state index is 12.0. The first-order valence-electron chi connectivity index (χ1n) is 6.45. The van der Waals surface area contributed by atoms with Gasteiger partial charge in [0.2, 0.25) is 5.91 Å². The molecule has 1 aliphatic heterocycles. The van der Waals surface area contributed by atoms with E-state index >= 15 is 0 Å². The number of hydrogen-bond donors (Lipinski definition) is 3. The van der Waals surface area contributed by atoms with Gasteiger partial charge in [-0.2, -0.15) is 5.10 Å². The second-order valence-corrected chi connectivity index (χ2v) is 5.00. The molecule has 0 atom stereocenters. The molecule has 0 spiro atoms. The van der Waals surface area contributed by atoms with E-state index in [1.165, 1.54) is 0 Å². The lowest BCUT2D eigenvalue weighted by Crippen LogP contribution is -2.57. The van der Waals surface area contributed by atoms with Crippen LogP contribution < -0.4 is 10.7 Å². The van der Waals surface area contributed by atoms with Crippen LogP contribution in [0.4, 0.5) is 0 Å². The summed E-state index contributed by atoms with van der Waals surface area (Å²) in [6.45, 7) is 0. The van der Waals surface area contributed by atoms with Crippen molar-refractivity contribution in [3.63, 3.8) is 0 Å². The van der Waals surface area contributed by atoms with Crippen molar-refractivity contribution in [1.29, 1.82) is 0 Å². The summed E-state index contributed by atoms with van der Waals surface area (Å²) in [5, 5.41) is 15.6. The average molecular weight is 267 g/mol. The van der Waals surface area contributed by atoms with E-state index in [9.17, 15) is 19.5 Å². The Bertz CT molecular complexity index is 438. The minimum atomic E-state index is -1.18. The molecular formula is C12H17N3O4. The molecule has 1 heterocycles. The molecule has 2 rings (SSSR count). The first kappa shape index (κ1) is 13.5. The van der Waals surface area contributed by atoms with Crippen molar-refractivity contribution in [2.45, 2.75) is 50.5 Å². The Hall–Kier alpha value is -1.92. The third-order valence-corrected chi connectivity index (χ3v) is 3.64. The maximum absolute atomic E-state index is 12.0. The van der Waals surface area contributed by atoms with E-state index in [2.05, 4.69) is 15.8 Å². The lowest BCUT2D eigenvalue weighted by Gasteiger charge is -2.34. The van der Waals surface area contributed by atoms with Gasteiger partial charge < -0.3 is 10.4 Å². The fraction of sp³-hybridized carbons (Fsp3) is 0.667. The van der Waals surface area contributed by atoms with Gasteiger partial charge in [-0.3, -0.25) is 9.59 Å². The Kier molecular flexibility index (Phi) is 3.82. The van der Waals surface area contributed by atoms with Crippen LogP contribution in [0.2, 0.25) is 0 Å². The highest BCUT2D eigenvalue weighted by molar-refractivity contribution is 6.40. The highest BCUT2D eigenvalue weighted by Gasteiger charge is 2.41. The van der Waals surface area contributed by atoms with Crippen LogP contribution in [-0.2, 0) is 14.4 Å². The zero-order valence-corrected chi connectivity index (χ0v) is 10.6. The Morgan fingerprint density at radius 3 is 2.42 bits per heavy atom. The topological polar surface area (TPSA) is 108 Å². The standard InChI is InChI=1S/C12H17N3O4/c16-9-5-4-8(14-15-9)10(17)13-12(11(18)19)6-2-1-3-7-12/h1-7H2,(H,13,17)(H,15,16)(H,18,19). The summed E-state index contributed by atoms with van der Waals surface area (Å²) in [4.78, 5) is 34.4. The Morgan fingerprint density at radius 2 is 1.89 bits per heavy atom. The predicted octanol–water partition coefficient (Wildman–Crippen LogP) is 0.156. The lowest BCUT2D eigenvalue weighted by atomic mass is 9.81. The van der Waals surface area contributed by atoms with E-state index < -0.39 is 17.4 Å². The lowest BCUT2D eigenvalue weighted by molar-refractivity contribution is -0.148. The van der Waals surface area contributed by atoms with Gasteiger partial charge in [0.1, 0.15) is 11.3 Å². The van der Waals surface area contributed by atoms with Crippen molar-refractivity contribution in [1.82, 2.24) is 10.7 Å². The number of nitrogens with zero attached hydrogens (tertiary/aromatic N) is 1. The molecule has 7 heteroatoms. The molecule has 0 unspecified atom stereocenters. The van der Waals surface area contributed by atoms with Crippen LogP contribution in [0, 0.1) is 0 Å². The largest absolute Gasteiger partial charge is 0.480 e. The Balaban J connectivity index is 2.07. The van der Waals surface area contributed by atoms with Gasteiger partial charge >= 0.3 is 5.97 Å². The SMILES string of the molecule is O=C1CCC(C(=O)NC2(C(=O)O)CCCCC2)=NN1. The molecule has 1 saturated carbocycles. The van der Waals surface area contributed by atoms with Crippen LogP contribution in [0.5, 0.6) is 0 Å². The van der Waals surface area contributed by atoms with E-state index in [4.69, 9.17) is 0 Å². The van der Waals surface area contributed by atoms with Gasteiger partial charge in [-0.15, -0.1) is 0 Å². The molecule has 0 bridgehead atoms. The van der Waals surface area contributed by atoms with E-state index in [-0.39, 0.29) is 24.5 Å². The van der Waals surface area contributed by atoms with Gasteiger partial charge in [0.15, 0.2) is 0 Å². The summed E-state index contributed by atoms with van der Waals surface area (Å²) >= 11 is 0. The predicted molar refractivity (Wildman–Crippen MR) is 66.4 cm³/mol. The Labute approximate surface area is 110 Å². The minimum absolute atomic E-state index is 0.186. The zero-order valence-electron chi connectivity index (χ0n) is 10.6. The third kappa shape index (κ3) is 2.91. The number of carbonyl (C=O) groups excluding carboxylic acids is 2. The highest BCUT2D eigenvalue weighted by atomic mass is 16.4. The van der Waals surface area contributed by atoms with Crippen molar-refractivity contribution < 1.29 is 19.5 Å². The summed E-state index contributed by atoms with van der Waals surface area (Å²) in [7, 11) is 0. The molecule has 0 saturated heterocycles.